The quantitative estimate of drug-likeness (QED) is 0.699. The molecular formula is C24H29N3O5S. The molecule has 0 spiro atoms. The first-order valence-corrected chi connectivity index (χ1v) is 12.5. The van der Waals surface area contributed by atoms with Crippen molar-refractivity contribution in [3.8, 4) is 5.75 Å². The van der Waals surface area contributed by atoms with Crippen molar-refractivity contribution in [2.45, 2.75) is 49.1 Å². The monoisotopic (exact) mass is 471 g/mol. The molecule has 0 bridgehead atoms. The minimum atomic E-state index is -3.97. The zero-order valence-corrected chi connectivity index (χ0v) is 19.7. The average molecular weight is 472 g/mol. The van der Waals surface area contributed by atoms with Gasteiger partial charge in [0.1, 0.15) is 11.3 Å². The number of carbonyl (C=O) groups excluding carboxylic acids is 2. The second kappa shape index (κ2) is 9.15. The predicted octanol–water partition coefficient (Wildman–Crippen LogP) is 2.55. The Morgan fingerprint density at radius 1 is 1.06 bits per heavy atom. The highest BCUT2D eigenvalue weighted by Crippen LogP contribution is 2.37. The van der Waals surface area contributed by atoms with E-state index in [0.29, 0.717) is 11.4 Å². The lowest BCUT2D eigenvalue weighted by Crippen LogP contribution is -2.70. The number of nitrogens with one attached hydrogen (secondary N) is 1. The number of amides is 2. The molecule has 176 valence electrons. The predicted molar refractivity (Wildman–Crippen MR) is 124 cm³/mol. The van der Waals surface area contributed by atoms with Gasteiger partial charge in [0.2, 0.25) is 21.8 Å². The molecule has 2 fully saturated rings. The van der Waals surface area contributed by atoms with Gasteiger partial charge in [-0.25, -0.2) is 8.42 Å². The Morgan fingerprint density at radius 2 is 1.70 bits per heavy atom. The minimum Gasteiger partial charge on any atom is -0.495 e. The summed E-state index contributed by atoms with van der Waals surface area (Å²) in [4.78, 5) is 28.6. The molecule has 8 nitrogen and oxygen atoms in total. The van der Waals surface area contributed by atoms with Gasteiger partial charge in [-0.1, -0.05) is 43.2 Å². The molecule has 0 aromatic heterocycles. The number of para-hydroxylation sites is 2. The number of methoxy groups -OCH3 is 1. The summed E-state index contributed by atoms with van der Waals surface area (Å²) in [6.07, 6.45) is 3.81. The third-order valence-electron chi connectivity index (χ3n) is 6.43. The third-order valence-corrected chi connectivity index (χ3v) is 8.23. The van der Waals surface area contributed by atoms with Crippen LogP contribution in [0.4, 0.5) is 5.69 Å². The normalized spacial score (nSPS) is 22.4. The van der Waals surface area contributed by atoms with E-state index in [1.54, 1.807) is 49.4 Å². The number of nitrogens with zero attached hydrogens (tertiary/aromatic N) is 2. The molecule has 2 aromatic carbocycles. The number of sulfonamides is 1. The van der Waals surface area contributed by atoms with Crippen LogP contribution in [0.3, 0.4) is 0 Å². The Morgan fingerprint density at radius 3 is 2.36 bits per heavy atom. The lowest BCUT2D eigenvalue weighted by Gasteiger charge is -2.47. The van der Waals surface area contributed by atoms with Crippen LogP contribution in [0.1, 0.15) is 32.6 Å². The highest BCUT2D eigenvalue weighted by atomic mass is 32.2. The lowest BCUT2D eigenvalue weighted by molar-refractivity contribution is -0.133. The lowest BCUT2D eigenvalue weighted by atomic mass is 9.93. The SMILES string of the molecule is COc1ccccc1N1C(=O)CN(S(=O)(=O)c2ccccc2)C[C@]1(C)C(=O)NC1CCCC1. The second-order valence-electron chi connectivity index (χ2n) is 8.72. The van der Waals surface area contributed by atoms with Gasteiger partial charge in [-0.15, -0.1) is 0 Å². The molecular weight excluding hydrogens is 442 g/mol. The summed E-state index contributed by atoms with van der Waals surface area (Å²) in [5.41, 5.74) is -1.03. The van der Waals surface area contributed by atoms with Gasteiger partial charge in [0.25, 0.3) is 0 Å². The van der Waals surface area contributed by atoms with Crippen molar-refractivity contribution in [1.29, 1.82) is 0 Å². The average Bonchev–Trinajstić information content (AvgIpc) is 3.32. The summed E-state index contributed by atoms with van der Waals surface area (Å²) < 4.78 is 33.3. The van der Waals surface area contributed by atoms with Crippen LogP contribution in [-0.4, -0.2) is 56.3 Å². The molecule has 0 unspecified atom stereocenters. The van der Waals surface area contributed by atoms with Crippen molar-refractivity contribution in [1.82, 2.24) is 9.62 Å². The van der Waals surface area contributed by atoms with E-state index < -0.39 is 21.5 Å². The number of rotatable bonds is 6. The van der Waals surface area contributed by atoms with Crippen molar-refractivity contribution in [3.63, 3.8) is 0 Å². The van der Waals surface area contributed by atoms with Gasteiger partial charge < -0.3 is 10.1 Å². The Bertz CT molecular complexity index is 1130. The maximum atomic E-state index is 13.6. The van der Waals surface area contributed by atoms with Crippen LogP contribution in [-0.2, 0) is 19.6 Å². The van der Waals surface area contributed by atoms with Gasteiger partial charge in [0, 0.05) is 12.6 Å². The number of hydrogen-bond acceptors (Lipinski definition) is 5. The van der Waals surface area contributed by atoms with E-state index in [4.69, 9.17) is 4.74 Å². The topological polar surface area (TPSA) is 96.0 Å². The molecule has 2 amide bonds. The third kappa shape index (κ3) is 4.35. The van der Waals surface area contributed by atoms with Crippen LogP contribution in [0.2, 0.25) is 0 Å². The van der Waals surface area contributed by atoms with E-state index in [2.05, 4.69) is 5.32 Å². The van der Waals surface area contributed by atoms with Crippen molar-refractivity contribution < 1.29 is 22.7 Å². The molecule has 1 saturated carbocycles. The van der Waals surface area contributed by atoms with Crippen molar-refractivity contribution in [2.24, 2.45) is 0 Å². The molecule has 33 heavy (non-hydrogen) atoms. The summed E-state index contributed by atoms with van der Waals surface area (Å²) in [5, 5.41) is 3.06. The molecule has 9 heteroatoms. The molecule has 1 saturated heterocycles. The van der Waals surface area contributed by atoms with Gasteiger partial charge in [-0.2, -0.15) is 4.31 Å². The fourth-order valence-corrected chi connectivity index (χ4v) is 6.18. The van der Waals surface area contributed by atoms with Gasteiger partial charge in [-0.05, 0) is 44.0 Å². The maximum absolute atomic E-state index is 13.6. The van der Waals surface area contributed by atoms with E-state index >= 15 is 0 Å². The van der Waals surface area contributed by atoms with Crippen LogP contribution in [0.25, 0.3) is 0 Å². The fraction of sp³-hybridized carbons (Fsp3) is 0.417. The van der Waals surface area contributed by atoms with Crippen LogP contribution in [0.5, 0.6) is 5.75 Å². The van der Waals surface area contributed by atoms with Crippen LogP contribution >= 0.6 is 0 Å². The maximum Gasteiger partial charge on any atom is 0.247 e. The minimum absolute atomic E-state index is 0.0186. The highest BCUT2D eigenvalue weighted by Gasteiger charge is 2.52. The number of carbonyl (C=O) groups is 2. The van der Waals surface area contributed by atoms with E-state index in [9.17, 15) is 18.0 Å². The van der Waals surface area contributed by atoms with Crippen LogP contribution in [0.15, 0.2) is 59.5 Å². The second-order valence-corrected chi connectivity index (χ2v) is 10.7. The summed E-state index contributed by atoms with van der Waals surface area (Å²) in [7, 11) is -2.48. The zero-order valence-electron chi connectivity index (χ0n) is 18.9. The van der Waals surface area contributed by atoms with Crippen LogP contribution in [0, 0.1) is 0 Å². The van der Waals surface area contributed by atoms with E-state index in [0.717, 1.165) is 30.0 Å². The molecule has 4 rings (SSSR count). The van der Waals surface area contributed by atoms with E-state index in [-0.39, 0.29) is 29.9 Å². The fourth-order valence-electron chi connectivity index (χ4n) is 4.68. The molecule has 2 aliphatic rings. The molecule has 1 N–H and O–H groups in total. The molecule has 2 aromatic rings. The number of benzene rings is 2. The Kier molecular flexibility index (Phi) is 6.45. The number of hydrogen-bond donors (Lipinski definition) is 1. The zero-order chi connectivity index (χ0) is 23.6. The van der Waals surface area contributed by atoms with Gasteiger partial charge in [-0.3, -0.25) is 14.5 Å². The summed E-state index contributed by atoms with van der Waals surface area (Å²) >= 11 is 0. The number of anilines is 1. The van der Waals surface area contributed by atoms with Crippen molar-refractivity contribution >= 4 is 27.5 Å². The highest BCUT2D eigenvalue weighted by molar-refractivity contribution is 7.89. The summed E-state index contributed by atoms with van der Waals surface area (Å²) in [6, 6.07) is 14.9. The Hall–Kier alpha value is -2.91. The molecule has 1 atom stereocenters. The van der Waals surface area contributed by atoms with Gasteiger partial charge in [0.15, 0.2) is 0 Å². The first-order valence-electron chi connectivity index (χ1n) is 11.1. The first kappa shape index (κ1) is 23.3. The molecule has 1 aliphatic heterocycles. The van der Waals surface area contributed by atoms with Crippen molar-refractivity contribution in [2.75, 3.05) is 25.1 Å². The van der Waals surface area contributed by atoms with E-state index in [1.165, 1.54) is 24.1 Å². The number of ether oxygens (including phenoxy) is 1. The van der Waals surface area contributed by atoms with E-state index in [1.807, 2.05) is 0 Å². The molecule has 1 aliphatic carbocycles. The van der Waals surface area contributed by atoms with Crippen molar-refractivity contribution in [3.05, 3.63) is 54.6 Å². The Labute approximate surface area is 194 Å². The smallest absolute Gasteiger partial charge is 0.247 e. The summed E-state index contributed by atoms with van der Waals surface area (Å²) in [6.45, 7) is 1.07. The standard InChI is InChI=1S/C24H29N3O5S/c1-24(23(29)25-18-10-6-7-11-18)17-26(33(30,31)19-12-4-3-5-13-19)16-22(28)27(24)20-14-8-9-15-21(20)32-2/h3-5,8-9,12-15,18H,6-7,10-11,16-17H2,1-2H3,(H,25,29)/t24-/m1/s1. The molecule has 0 radical (unpaired) electrons. The van der Waals surface area contributed by atoms with Gasteiger partial charge >= 0.3 is 0 Å². The largest absolute Gasteiger partial charge is 0.495 e. The number of piperazine rings is 1. The molecule has 1 heterocycles. The van der Waals surface area contributed by atoms with Gasteiger partial charge in [0.05, 0.1) is 24.2 Å². The first-order chi connectivity index (χ1) is 15.8. The summed E-state index contributed by atoms with van der Waals surface area (Å²) in [5.74, 6) is -0.430. The van der Waals surface area contributed by atoms with Crippen LogP contribution < -0.4 is 15.0 Å². The Balaban J connectivity index is 1.76.